The lowest BCUT2D eigenvalue weighted by Crippen LogP contribution is -2.60. The van der Waals surface area contributed by atoms with Crippen molar-refractivity contribution in [2.75, 3.05) is 26.3 Å². The molecule has 0 aromatic heterocycles. The van der Waals surface area contributed by atoms with Gasteiger partial charge in [0.2, 0.25) is 11.8 Å². The van der Waals surface area contributed by atoms with E-state index in [-0.39, 0.29) is 17.4 Å². The Bertz CT molecular complexity index is 794. The molecule has 9 heteroatoms. The maximum atomic E-state index is 12.3. The van der Waals surface area contributed by atoms with Gasteiger partial charge in [0.05, 0.1) is 19.6 Å². The molecule has 1 saturated heterocycles. The standard InChI is InChI=1S/C21H27N3O5S/c1-3-13-29-19(26)14-17-20(27)22-11-12-24(17)21(30)23-18(25)10-7-15-5-8-16(9-6-15)28-4-2/h5-10,17H,3-4,11-14H2,1-2H3,(H,22,27)(H,23,25,30)/b10-7+. The summed E-state index contributed by atoms with van der Waals surface area (Å²) in [6.07, 6.45) is 3.57. The zero-order valence-corrected chi connectivity index (χ0v) is 18.0. The third kappa shape index (κ3) is 7.14. The largest absolute Gasteiger partial charge is 0.494 e. The molecule has 1 atom stereocenters. The molecule has 0 bridgehead atoms. The number of ether oxygens (including phenoxy) is 2. The molecule has 2 amide bonds. The summed E-state index contributed by atoms with van der Waals surface area (Å²) >= 11 is 5.31. The van der Waals surface area contributed by atoms with Crippen molar-refractivity contribution in [2.45, 2.75) is 32.7 Å². The highest BCUT2D eigenvalue weighted by atomic mass is 32.1. The van der Waals surface area contributed by atoms with Crippen molar-refractivity contribution in [1.29, 1.82) is 0 Å². The molecule has 0 radical (unpaired) electrons. The van der Waals surface area contributed by atoms with Crippen molar-refractivity contribution < 1.29 is 23.9 Å². The van der Waals surface area contributed by atoms with E-state index in [4.69, 9.17) is 21.7 Å². The Morgan fingerprint density at radius 1 is 1.30 bits per heavy atom. The van der Waals surface area contributed by atoms with E-state index >= 15 is 0 Å². The number of hydrogen-bond acceptors (Lipinski definition) is 6. The fraction of sp³-hybridized carbons (Fsp3) is 0.429. The summed E-state index contributed by atoms with van der Waals surface area (Å²) < 4.78 is 10.4. The number of piperazine rings is 1. The molecule has 0 saturated carbocycles. The Hall–Kier alpha value is -2.94. The number of amides is 2. The van der Waals surface area contributed by atoms with Crippen LogP contribution in [-0.4, -0.2) is 60.1 Å². The SMILES string of the molecule is CCCOC(=O)CC1C(=O)NCCN1C(=S)NC(=O)/C=C/c1ccc(OCC)cc1. The first-order chi connectivity index (χ1) is 14.4. The third-order valence-electron chi connectivity index (χ3n) is 4.27. The minimum atomic E-state index is -0.814. The Morgan fingerprint density at radius 2 is 2.03 bits per heavy atom. The summed E-state index contributed by atoms with van der Waals surface area (Å²) in [6.45, 7) is 5.44. The molecule has 2 N–H and O–H groups in total. The molecule has 1 fully saturated rings. The van der Waals surface area contributed by atoms with Gasteiger partial charge in [0, 0.05) is 19.2 Å². The van der Waals surface area contributed by atoms with Gasteiger partial charge in [-0.1, -0.05) is 19.1 Å². The molecule has 2 rings (SSSR count). The number of esters is 1. The average Bonchev–Trinajstić information content (AvgIpc) is 2.73. The molecule has 1 aromatic carbocycles. The van der Waals surface area contributed by atoms with Crippen molar-refractivity contribution in [1.82, 2.24) is 15.5 Å². The highest BCUT2D eigenvalue weighted by molar-refractivity contribution is 7.80. The van der Waals surface area contributed by atoms with E-state index in [1.54, 1.807) is 11.0 Å². The van der Waals surface area contributed by atoms with Crippen LogP contribution in [0.4, 0.5) is 0 Å². The zero-order valence-electron chi connectivity index (χ0n) is 17.2. The molecule has 1 aliphatic heterocycles. The first kappa shape index (κ1) is 23.3. The van der Waals surface area contributed by atoms with Gasteiger partial charge >= 0.3 is 5.97 Å². The number of nitrogens with zero attached hydrogens (tertiary/aromatic N) is 1. The minimum Gasteiger partial charge on any atom is -0.494 e. The molecule has 30 heavy (non-hydrogen) atoms. The lowest BCUT2D eigenvalue weighted by Gasteiger charge is -2.36. The van der Waals surface area contributed by atoms with Crippen molar-refractivity contribution in [3.05, 3.63) is 35.9 Å². The van der Waals surface area contributed by atoms with Crippen LogP contribution in [0, 0.1) is 0 Å². The molecule has 1 unspecified atom stereocenters. The molecular formula is C21H27N3O5S. The number of rotatable bonds is 8. The van der Waals surface area contributed by atoms with Crippen LogP contribution in [0.25, 0.3) is 6.08 Å². The third-order valence-corrected chi connectivity index (χ3v) is 4.60. The summed E-state index contributed by atoms with van der Waals surface area (Å²) in [6, 6.07) is 6.49. The van der Waals surface area contributed by atoms with Gasteiger partial charge in [0.15, 0.2) is 5.11 Å². The van der Waals surface area contributed by atoms with E-state index in [2.05, 4.69) is 10.6 Å². The van der Waals surface area contributed by atoms with Crippen LogP contribution in [-0.2, 0) is 19.1 Å². The van der Waals surface area contributed by atoms with Crippen LogP contribution in [0.2, 0.25) is 0 Å². The monoisotopic (exact) mass is 433 g/mol. The highest BCUT2D eigenvalue weighted by Crippen LogP contribution is 2.13. The van der Waals surface area contributed by atoms with E-state index in [1.807, 2.05) is 38.1 Å². The topological polar surface area (TPSA) is 97.0 Å². The molecular weight excluding hydrogens is 406 g/mol. The second-order valence-corrected chi connectivity index (χ2v) is 6.94. The smallest absolute Gasteiger partial charge is 0.308 e. The summed E-state index contributed by atoms with van der Waals surface area (Å²) in [4.78, 5) is 38.0. The maximum absolute atomic E-state index is 12.3. The van der Waals surface area contributed by atoms with Crippen molar-refractivity contribution >= 4 is 41.2 Å². The fourth-order valence-electron chi connectivity index (χ4n) is 2.83. The Morgan fingerprint density at radius 3 is 2.70 bits per heavy atom. The molecule has 1 heterocycles. The van der Waals surface area contributed by atoms with E-state index in [9.17, 15) is 14.4 Å². The second kappa shape index (κ2) is 11.9. The second-order valence-electron chi connectivity index (χ2n) is 6.55. The summed E-state index contributed by atoms with van der Waals surface area (Å²) in [5.74, 6) is -0.469. The van der Waals surface area contributed by atoms with Gasteiger partial charge in [0.25, 0.3) is 0 Å². The van der Waals surface area contributed by atoms with Gasteiger partial charge in [0.1, 0.15) is 11.8 Å². The van der Waals surface area contributed by atoms with Gasteiger partial charge in [-0.15, -0.1) is 0 Å². The van der Waals surface area contributed by atoms with Gasteiger partial charge in [-0.3, -0.25) is 19.7 Å². The normalized spacial score (nSPS) is 16.1. The van der Waals surface area contributed by atoms with Gasteiger partial charge in [-0.2, -0.15) is 0 Å². The maximum Gasteiger partial charge on any atom is 0.308 e. The summed E-state index contributed by atoms with van der Waals surface area (Å²) in [5.41, 5.74) is 0.827. The minimum absolute atomic E-state index is 0.0967. The van der Waals surface area contributed by atoms with E-state index in [0.717, 1.165) is 11.3 Å². The lowest BCUT2D eigenvalue weighted by atomic mass is 10.1. The molecule has 0 spiro atoms. The predicted octanol–water partition coefficient (Wildman–Crippen LogP) is 1.64. The van der Waals surface area contributed by atoms with Crippen LogP contribution >= 0.6 is 12.2 Å². The molecule has 162 valence electrons. The van der Waals surface area contributed by atoms with Crippen molar-refractivity contribution in [3.8, 4) is 5.75 Å². The van der Waals surface area contributed by atoms with Crippen LogP contribution in [0.3, 0.4) is 0 Å². The molecule has 0 aliphatic carbocycles. The highest BCUT2D eigenvalue weighted by Gasteiger charge is 2.34. The van der Waals surface area contributed by atoms with Crippen LogP contribution < -0.4 is 15.4 Å². The van der Waals surface area contributed by atoms with Gasteiger partial charge in [-0.25, -0.2) is 0 Å². The van der Waals surface area contributed by atoms with E-state index in [1.165, 1.54) is 6.08 Å². The van der Waals surface area contributed by atoms with Crippen LogP contribution in [0.15, 0.2) is 30.3 Å². The average molecular weight is 434 g/mol. The lowest BCUT2D eigenvalue weighted by molar-refractivity contribution is -0.147. The van der Waals surface area contributed by atoms with E-state index < -0.39 is 17.9 Å². The van der Waals surface area contributed by atoms with Crippen LogP contribution in [0.1, 0.15) is 32.3 Å². The molecule has 1 aliphatic rings. The van der Waals surface area contributed by atoms with Gasteiger partial charge < -0.3 is 19.7 Å². The van der Waals surface area contributed by atoms with Crippen LogP contribution in [0.5, 0.6) is 5.75 Å². The Balaban J connectivity index is 1.95. The predicted molar refractivity (Wildman–Crippen MR) is 117 cm³/mol. The number of benzene rings is 1. The molecule has 1 aromatic rings. The number of nitrogens with one attached hydrogen (secondary N) is 2. The van der Waals surface area contributed by atoms with Gasteiger partial charge in [-0.05, 0) is 49.3 Å². The fourth-order valence-corrected chi connectivity index (χ4v) is 3.15. The first-order valence-electron chi connectivity index (χ1n) is 9.90. The number of carbonyl (C=O) groups excluding carboxylic acids is 3. The first-order valence-corrected chi connectivity index (χ1v) is 10.3. The number of thiocarbonyl (C=S) groups is 1. The number of hydrogen-bond donors (Lipinski definition) is 2. The Kier molecular flexibility index (Phi) is 9.27. The van der Waals surface area contributed by atoms with E-state index in [0.29, 0.717) is 32.7 Å². The summed E-state index contributed by atoms with van der Waals surface area (Å²) in [7, 11) is 0. The van der Waals surface area contributed by atoms with Crippen molar-refractivity contribution in [3.63, 3.8) is 0 Å². The zero-order chi connectivity index (χ0) is 21.9. The quantitative estimate of drug-likeness (QED) is 0.365. The Labute approximate surface area is 181 Å². The summed E-state index contributed by atoms with van der Waals surface area (Å²) in [5, 5.41) is 5.40. The van der Waals surface area contributed by atoms with Crippen molar-refractivity contribution in [2.24, 2.45) is 0 Å². The number of carbonyl (C=O) groups is 3. The molecule has 8 nitrogen and oxygen atoms in total.